The number of fused-ring (bicyclic) bond motifs is 1. The van der Waals surface area contributed by atoms with Gasteiger partial charge in [0.1, 0.15) is 5.65 Å². The van der Waals surface area contributed by atoms with Crippen LogP contribution in [0.3, 0.4) is 0 Å². The Kier molecular flexibility index (Phi) is 4.75. The largest absolute Gasteiger partial charge is 0.391 e. The van der Waals surface area contributed by atoms with Crippen molar-refractivity contribution >= 4 is 16.9 Å². The van der Waals surface area contributed by atoms with Gasteiger partial charge in [-0.15, -0.1) is 0 Å². The second-order valence-electron chi connectivity index (χ2n) is 7.43. The third kappa shape index (κ3) is 3.44. The molecule has 0 bridgehead atoms. The van der Waals surface area contributed by atoms with Crippen molar-refractivity contribution in [1.29, 1.82) is 0 Å². The van der Waals surface area contributed by atoms with Crippen molar-refractivity contribution in [2.24, 2.45) is 13.0 Å². The zero-order chi connectivity index (χ0) is 20.7. The molecule has 0 radical (unpaired) electrons. The Morgan fingerprint density at radius 2 is 2.00 bits per heavy atom. The Morgan fingerprint density at radius 3 is 2.72 bits per heavy atom. The lowest BCUT2D eigenvalue weighted by atomic mass is 9.97. The Morgan fingerprint density at radius 1 is 1.28 bits per heavy atom. The fourth-order valence-electron chi connectivity index (χ4n) is 3.84. The fourth-order valence-corrected chi connectivity index (χ4v) is 3.84. The molecule has 29 heavy (non-hydrogen) atoms. The van der Waals surface area contributed by atoms with Crippen LogP contribution in [-0.2, 0) is 13.5 Å². The van der Waals surface area contributed by atoms with Crippen LogP contribution in [0.1, 0.15) is 21.6 Å². The Hall–Kier alpha value is -3.33. The molecule has 2 atom stereocenters. The monoisotopic (exact) mass is 395 g/mol. The number of hydrogen-bond donors (Lipinski definition) is 2. The van der Waals surface area contributed by atoms with Gasteiger partial charge in [0.25, 0.3) is 11.5 Å². The Labute approximate surface area is 165 Å². The summed E-state index contributed by atoms with van der Waals surface area (Å²) in [4.78, 5) is 49.6. The molecule has 4 rings (SSSR count). The number of aromatic amines is 1. The number of nitrogens with zero attached hydrogens (tertiary/aromatic N) is 4. The summed E-state index contributed by atoms with van der Waals surface area (Å²) >= 11 is 0. The van der Waals surface area contributed by atoms with Crippen molar-refractivity contribution in [1.82, 2.24) is 24.4 Å². The van der Waals surface area contributed by atoms with E-state index in [1.54, 1.807) is 30.3 Å². The molecule has 4 heterocycles. The Bertz CT molecular complexity index is 1200. The summed E-state index contributed by atoms with van der Waals surface area (Å²) < 4.78 is 1.21. The fraction of sp³-hybridized carbons (Fsp3) is 0.350. The van der Waals surface area contributed by atoms with Crippen molar-refractivity contribution in [3.05, 3.63) is 68.3 Å². The van der Waals surface area contributed by atoms with Crippen molar-refractivity contribution in [2.75, 3.05) is 13.1 Å². The van der Waals surface area contributed by atoms with Gasteiger partial charge in [-0.1, -0.05) is 0 Å². The van der Waals surface area contributed by atoms with E-state index in [0.717, 1.165) is 5.56 Å². The highest BCUT2D eigenvalue weighted by molar-refractivity contribution is 6.05. The van der Waals surface area contributed by atoms with Crippen LogP contribution in [0.15, 0.2) is 40.2 Å². The van der Waals surface area contributed by atoms with Gasteiger partial charge in [-0.05, 0) is 37.1 Å². The molecule has 150 valence electrons. The third-order valence-electron chi connectivity index (χ3n) is 5.37. The highest BCUT2D eigenvalue weighted by Gasteiger charge is 2.35. The predicted molar refractivity (Wildman–Crippen MR) is 106 cm³/mol. The van der Waals surface area contributed by atoms with Gasteiger partial charge in [0.05, 0.1) is 17.1 Å². The minimum Gasteiger partial charge on any atom is -0.391 e. The molecule has 3 aromatic rings. The molecule has 2 N–H and O–H groups in total. The number of likely N-dealkylation sites (tertiary alicyclic amines) is 1. The quantitative estimate of drug-likeness (QED) is 0.644. The van der Waals surface area contributed by atoms with Crippen LogP contribution in [0.4, 0.5) is 0 Å². The number of pyridine rings is 2. The average Bonchev–Trinajstić information content (AvgIpc) is 3.06. The molecular formula is C20H21N5O4. The zero-order valence-electron chi connectivity index (χ0n) is 16.1. The number of carbonyl (C=O) groups excluding carboxylic acids is 1. The van der Waals surface area contributed by atoms with Crippen molar-refractivity contribution < 1.29 is 9.90 Å². The normalized spacial score (nSPS) is 19.1. The number of aromatic nitrogens is 4. The topological polar surface area (TPSA) is 121 Å². The minimum absolute atomic E-state index is 0.0785. The van der Waals surface area contributed by atoms with E-state index >= 15 is 0 Å². The number of aliphatic hydroxyl groups excluding tert-OH is 1. The van der Waals surface area contributed by atoms with Gasteiger partial charge >= 0.3 is 5.69 Å². The Balaban J connectivity index is 1.69. The molecular weight excluding hydrogens is 374 g/mol. The van der Waals surface area contributed by atoms with Crippen LogP contribution >= 0.6 is 0 Å². The summed E-state index contributed by atoms with van der Waals surface area (Å²) in [5.74, 6) is -0.473. The van der Waals surface area contributed by atoms with Crippen LogP contribution < -0.4 is 11.2 Å². The molecule has 1 saturated heterocycles. The predicted octanol–water partition coefficient (Wildman–Crippen LogP) is 0.000820. The minimum atomic E-state index is -0.663. The average molecular weight is 395 g/mol. The number of aryl methyl sites for hydroxylation is 2. The number of hydrogen-bond acceptors (Lipinski definition) is 6. The van der Waals surface area contributed by atoms with Crippen LogP contribution in [0.25, 0.3) is 11.0 Å². The number of rotatable bonds is 3. The molecule has 1 amide bonds. The van der Waals surface area contributed by atoms with E-state index in [9.17, 15) is 19.5 Å². The molecule has 0 spiro atoms. The van der Waals surface area contributed by atoms with Crippen molar-refractivity contribution in [3.8, 4) is 0 Å². The summed E-state index contributed by atoms with van der Waals surface area (Å²) in [6.07, 6.45) is 3.35. The van der Waals surface area contributed by atoms with Crippen molar-refractivity contribution in [2.45, 2.75) is 19.4 Å². The van der Waals surface area contributed by atoms with Crippen LogP contribution in [0.5, 0.6) is 0 Å². The first kappa shape index (κ1) is 19.0. The second kappa shape index (κ2) is 7.25. The van der Waals surface area contributed by atoms with Gasteiger partial charge in [0.15, 0.2) is 0 Å². The van der Waals surface area contributed by atoms with E-state index in [4.69, 9.17) is 0 Å². The standard InChI is InChI=1S/C20H21N5O4/c1-11-7-14(16-17(22-11)24(2)20(29)23-18(16)27)19(28)25-9-13(15(26)10-25)8-12-3-5-21-6-4-12/h3-7,13,15,26H,8-10H2,1-2H3,(H,23,27,29)/t13-,15-/m1/s1. The van der Waals surface area contributed by atoms with E-state index < -0.39 is 17.4 Å². The van der Waals surface area contributed by atoms with Crippen molar-refractivity contribution in [3.63, 3.8) is 0 Å². The molecule has 0 unspecified atom stereocenters. The summed E-state index contributed by atoms with van der Waals surface area (Å²) in [6, 6.07) is 5.32. The molecule has 3 aromatic heterocycles. The molecule has 9 nitrogen and oxygen atoms in total. The van der Waals surface area contributed by atoms with E-state index in [1.807, 2.05) is 12.1 Å². The molecule has 0 aliphatic carbocycles. The molecule has 0 aromatic carbocycles. The lowest BCUT2D eigenvalue weighted by molar-refractivity contribution is 0.0766. The number of amides is 1. The second-order valence-corrected chi connectivity index (χ2v) is 7.43. The maximum Gasteiger partial charge on any atom is 0.329 e. The van der Waals surface area contributed by atoms with Crippen LogP contribution in [0.2, 0.25) is 0 Å². The first-order chi connectivity index (χ1) is 13.8. The number of aliphatic hydroxyl groups is 1. The molecule has 1 fully saturated rings. The molecule has 0 saturated carbocycles. The van der Waals surface area contributed by atoms with E-state index in [-0.39, 0.29) is 35.0 Å². The van der Waals surface area contributed by atoms with Gasteiger partial charge in [-0.25, -0.2) is 9.78 Å². The third-order valence-corrected chi connectivity index (χ3v) is 5.37. The highest BCUT2D eigenvalue weighted by Crippen LogP contribution is 2.24. The molecule has 1 aliphatic rings. The molecule has 9 heteroatoms. The lowest BCUT2D eigenvalue weighted by Gasteiger charge is -2.18. The first-order valence-electron chi connectivity index (χ1n) is 9.32. The van der Waals surface area contributed by atoms with Gasteiger partial charge in [-0.3, -0.25) is 24.1 Å². The van der Waals surface area contributed by atoms with E-state index in [2.05, 4.69) is 15.0 Å². The zero-order valence-corrected chi connectivity index (χ0v) is 16.1. The van der Waals surface area contributed by atoms with Gasteiger partial charge in [0.2, 0.25) is 0 Å². The number of carbonyl (C=O) groups is 1. The highest BCUT2D eigenvalue weighted by atomic mass is 16.3. The van der Waals surface area contributed by atoms with Gasteiger partial charge in [0, 0.05) is 44.1 Å². The summed E-state index contributed by atoms with van der Waals surface area (Å²) in [5, 5.41) is 10.6. The number of nitrogens with one attached hydrogen (secondary N) is 1. The van der Waals surface area contributed by atoms with Gasteiger partial charge < -0.3 is 10.0 Å². The molecule has 1 aliphatic heterocycles. The van der Waals surface area contributed by atoms with E-state index in [1.165, 1.54) is 11.6 Å². The van der Waals surface area contributed by atoms with E-state index in [0.29, 0.717) is 18.7 Å². The lowest BCUT2D eigenvalue weighted by Crippen LogP contribution is -2.34. The van der Waals surface area contributed by atoms with Crippen LogP contribution in [0, 0.1) is 12.8 Å². The van der Waals surface area contributed by atoms with Gasteiger partial charge in [-0.2, -0.15) is 0 Å². The summed E-state index contributed by atoms with van der Waals surface area (Å²) in [5.41, 5.74) is 0.667. The SMILES string of the molecule is Cc1cc(C(=O)N2C[C@@H](Cc3ccncc3)[C@H](O)C2)c2c(=O)[nH]c(=O)n(C)c2n1. The summed E-state index contributed by atoms with van der Waals surface area (Å²) in [6.45, 7) is 2.25. The maximum absolute atomic E-state index is 13.2. The number of H-pyrrole nitrogens is 1. The summed E-state index contributed by atoms with van der Waals surface area (Å²) in [7, 11) is 1.49. The smallest absolute Gasteiger partial charge is 0.329 e. The van der Waals surface area contributed by atoms with Crippen LogP contribution in [-0.4, -0.2) is 54.6 Å². The maximum atomic E-state index is 13.2. The first-order valence-corrected chi connectivity index (χ1v) is 9.32. The number of β-amino-alcohol motifs (C(OH)–C–C–N with tert-alkyl or cyclic N) is 1.